The van der Waals surface area contributed by atoms with Gasteiger partial charge in [-0.15, -0.1) is 0 Å². The number of phosphoric ester groups is 1. The van der Waals surface area contributed by atoms with E-state index in [1.54, 1.807) is 0 Å². The number of hydrogen-bond acceptors (Lipinski definition) is 9. The molecule has 358 valence electrons. The van der Waals surface area contributed by atoms with E-state index in [9.17, 15) is 29.3 Å². The highest BCUT2D eigenvalue weighted by molar-refractivity contribution is 7.47. The number of aliphatic hydroxyl groups excluding tert-OH is 2. The summed E-state index contributed by atoms with van der Waals surface area (Å²) in [6, 6.07) is 0. The van der Waals surface area contributed by atoms with E-state index in [4.69, 9.17) is 18.5 Å². The molecule has 0 spiro atoms. The Labute approximate surface area is 369 Å². The van der Waals surface area contributed by atoms with Gasteiger partial charge in [-0.2, -0.15) is 0 Å². The van der Waals surface area contributed by atoms with Gasteiger partial charge in [0.2, 0.25) is 0 Å². The molecule has 0 heterocycles. The van der Waals surface area contributed by atoms with Crippen molar-refractivity contribution in [3.8, 4) is 0 Å². The first-order valence-electron chi connectivity index (χ1n) is 25.5. The highest BCUT2D eigenvalue weighted by Crippen LogP contribution is 2.43. The lowest BCUT2D eigenvalue weighted by Crippen LogP contribution is -2.28. The van der Waals surface area contributed by atoms with Gasteiger partial charge in [-0.3, -0.25) is 18.6 Å². The van der Waals surface area contributed by atoms with Crippen LogP contribution in [-0.4, -0.2) is 65.7 Å². The second-order valence-corrected chi connectivity index (χ2v) is 19.0. The first kappa shape index (κ1) is 59.0. The van der Waals surface area contributed by atoms with E-state index in [0.29, 0.717) is 12.8 Å². The second kappa shape index (κ2) is 46.0. The van der Waals surface area contributed by atoms with Crippen LogP contribution in [0, 0.1) is 0 Å². The number of ether oxygens (including phenoxy) is 2. The fourth-order valence-corrected chi connectivity index (χ4v) is 8.43. The van der Waals surface area contributed by atoms with Crippen LogP contribution in [0.1, 0.15) is 264 Å². The number of carbonyl (C=O) groups excluding carboxylic acids is 2. The number of rotatable bonds is 49. The van der Waals surface area contributed by atoms with Crippen molar-refractivity contribution in [1.29, 1.82) is 0 Å². The van der Waals surface area contributed by atoms with Gasteiger partial charge in [0.15, 0.2) is 0 Å². The summed E-state index contributed by atoms with van der Waals surface area (Å²) in [5.41, 5.74) is 0. The van der Waals surface area contributed by atoms with Crippen molar-refractivity contribution in [3.63, 3.8) is 0 Å². The number of phosphoric acid groups is 1. The van der Waals surface area contributed by atoms with Gasteiger partial charge in [0.1, 0.15) is 12.2 Å². The molecule has 0 aromatic heterocycles. The van der Waals surface area contributed by atoms with Crippen LogP contribution in [0.2, 0.25) is 0 Å². The third-order valence-electron chi connectivity index (χ3n) is 11.6. The number of esters is 2. The normalized spacial score (nSPS) is 13.6. The maximum absolute atomic E-state index is 12.4. The quantitative estimate of drug-likeness (QED) is 0.0306. The predicted molar refractivity (Wildman–Crippen MR) is 247 cm³/mol. The number of unbranched alkanes of at least 4 members (excludes halogenated alkanes) is 35. The fraction of sp³-hybridized carbons (Fsp3) is 0.959. The molecule has 0 aromatic carbocycles. The number of carbonyl (C=O) groups is 2. The molecule has 10 nitrogen and oxygen atoms in total. The molecule has 11 heteroatoms. The van der Waals surface area contributed by atoms with Gasteiger partial charge in [0.05, 0.1) is 26.4 Å². The third-order valence-corrected chi connectivity index (χ3v) is 12.5. The van der Waals surface area contributed by atoms with Crippen LogP contribution in [-0.2, 0) is 32.7 Å². The number of aliphatic hydroxyl groups is 2. The molecule has 0 aromatic rings. The van der Waals surface area contributed by atoms with Crippen molar-refractivity contribution in [2.24, 2.45) is 0 Å². The first-order chi connectivity index (χ1) is 29.3. The van der Waals surface area contributed by atoms with Crippen LogP contribution in [0.15, 0.2) is 0 Å². The molecule has 3 unspecified atom stereocenters. The zero-order valence-corrected chi connectivity index (χ0v) is 40.1. The summed E-state index contributed by atoms with van der Waals surface area (Å²) in [6.07, 6.45) is 45.0. The van der Waals surface area contributed by atoms with Crippen LogP contribution >= 0.6 is 7.82 Å². The lowest BCUT2D eigenvalue weighted by Gasteiger charge is -2.20. The van der Waals surface area contributed by atoms with Gasteiger partial charge in [-0.25, -0.2) is 4.57 Å². The Balaban J connectivity index is 3.79. The van der Waals surface area contributed by atoms with Gasteiger partial charge >= 0.3 is 19.8 Å². The highest BCUT2D eigenvalue weighted by Gasteiger charge is 2.27. The molecule has 0 saturated carbocycles. The molecular weight excluding hydrogens is 780 g/mol. The molecule has 0 fully saturated rings. The highest BCUT2D eigenvalue weighted by atomic mass is 31.2. The van der Waals surface area contributed by atoms with Crippen molar-refractivity contribution >= 4 is 19.8 Å². The summed E-state index contributed by atoms with van der Waals surface area (Å²) in [5, 5.41) is 19.2. The molecule has 0 saturated heterocycles. The van der Waals surface area contributed by atoms with E-state index < -0.39 is 58.4 Å². The van der Waals surface area contributed by atoms with E-state index in [1.807, 2.05) is 0 Å². The predicted octanol–water partition coefficient (Wildman–Crippen LogP) is 14.2. The van der Waals surface area contributed by atoms with Crippen LogP contribution in [0.5, 0.6) is 0 Å². The van der Waals surface area contributed by atoms with E-state index in [1.165, 1.54) is 186 Å². The van der Waals surface area contributed by atoms with Crippen LogP contribution in [0.3, 0.4) is 0 Å². The Hall–Kier alpha value is -1.03. The lowest BCUT2D eigenvalue weighted by atomic mass is 10.0. The summed E-state index contributed by atoms with van der Waals surface area (Å²) < 4.78 is 32.7. The Morgan fingerprint density at radius 3 is 0.783 bits per heavy atom. The van der Waals surface area contributed by atoms with Gasteiger partial charge < -0.3 is 24.6 Å². The smallest absolute Gasteiger partial charge is 0.457 e. The summed E-state index contributed by atoms with van der Waals surface area (Å²) in [7, 11) is -4.63. The molecule has 0 radical (unpaired) electrons. The van der Waals surface area contributed by atoms with E-state index in [-0.39, 0.29) is 12.8 Å². The van der Waals surface area contributed by atoms with Gasteiger partial charge in [0.25, 0.3) is 0 Å². The molecule has 0 rings (SSSR count). The number of hydrogen-bond donors (Lipinski definition) is 3. The SMILES string of the molecule is CCCCCCCCCCCCCCCCCCCCCC(=O)OC(CO)COP(=O)(O)OCC(CO)OC(=O)CCCCCCCCCCCCCCCCCCCC. The van der Waals surface area contributed by atoms with E-state index in [0.717, 1.165) is 38.5 Å². The van der Waals surface area contributed by atoms with Crippen LogP contribution < -0.4 is 0 Å². The Kier molecular flexibility index (Phi) is 45.2. The Morgan fingerprint density at radius 1 is 0.383 bits per heavy atom. The van der Waals surface area contributed by atoms with E-state index >= 15 is 0 Å². The van der Waals surface area contributed by atoms with Crippen molar-refractivity contribution in [3.05, 3.63) is 0 Å². The molecular formula is C49H97O10P. The van der Waals surface area contributed by atoms with Crippen LogP contribution in [0.4, 0.5) is 0 Å². The molecule has 0 aliphatic rings. The molecule has 60 heavy (non-hydrogen) atoms. The third kappa shape index (κ3) is 43.6. The summed E-state index contributed by atoms with van der Waals surface area (Å²) >= 11 is 0. The average molecular weight is 877 g/mol. The molecule has 0 aliphatic heterocycles. The zero-order chi connectivity index (χ0) is 44.0. The lowest BCUT2D eigenvalue weighted by molar-refractivity contribution is -0.153. The van der Waals surface area contributed by atoms with Crippen LogP contribution in [0.25, 0.3) is 0 Å². The summed E-state index contributed by atoms with van der Waals surface area (Å²) in [5.74, 6) is -1.000. The molecule has 0 amide bonds. The monoisotopic (exact) mass is 877 g/mol. The fourth-order valence-electron chi connectivity index (χ4n) is 7.65. The standard InChI is InChI=1S/C49H97O10P/c1-3-5-7-9-11-13-15-17-19-21-23-25-27-29-31-33-35-37-39-41-49(53)59-47(43-51)45-57-60(54,55)56-44-46(42-50)58-48(52)40-38-36-34-32-30-28-26-24-22-20-18-16-14-12-10-8-6-4-2/h46-47,50-51H,3-45H2,1-2H3,(H,54,55). The van der Waals surface area contributed by atoms with Crippen molar-refractivity contribution in [1.82, 2.24) is 0 Å². The largest absolute Gasteiger partial charge is 0.472 e. The van der Waals surface area contributed by atoms with Gasteiger partial charge in [-0.1, -0.05) is 239 Å². The minimum atomic E-state index is -4.63. The van der Waals surface area contributed by atoms with Crippen molar-refractivity contribution < 1.29 is 47.8 Å². The van der Waals surface area contributed by atoms with Crippen molar-refractivity contribution in [2.75, 3.05) is 26.4 Å². The van der Waals surface area contributed by atoms with Gasteiger partial charge in [0, 0.05) is 12.8 Å². The average Bonchev–Trinajstić information content (AvgIpc) is 3.24. The molecule has 3 N–H and O–H groups in total. The minimum Gasteiger partial charge on any atom is -0.457 e. The second-order valence-electron chi connectivity index (χ2n) is 17.5. The first-order valence-corrected chi connectivity index (χ1v) is 27.0. The topological polar surface area (TPSA) is 149 Å². The molecule has 3 atom stereocenters. The molecule has 0 bridgehead atoms. The summed E-state index contributed by atoms with van der Waals surface area (Å²) in [4.78, 5) is 34.7. The Morgan fingerprint density at radius 2 is 0.583 bits per heavy atom. The van der Waals surface area contributed by atoms with Gasteiger partial charge in [-0.05, 0) is 12.8 Å². The maximum Gasteiger partial charge on any atom is 0.472 e. The molecule has 0 aliphatic carbocycles. The Bertz CT molecular complexity index is 966. The minimum absolute atomic E-state index is 0.200. The van der Waals surface area contributed by atoms with E-state index in [2.05, 4.69) is 13.8 Å². The zero-order valence-electron chi connectivity index (χ0n) is 39.2. The summed E-state index contributed by atoms with van der Waals surface area (Å²) in [6.45, 7) is 2.28. The maximum atomic E-state index is 12.4. The van der Waals surface area contributed by atoms with Crippen molar-refractivity contribution in [2.45, 2.75) is 276 Å².